The van der Waals surface area contributed by atoms with Crippen molar-refractivity contribution in [3.05, 3.63) is 89.4 Å². The normalized spacial score (nSPS) is 20.5. The Morgan fingerprint density at radius 3 is 2.55 bits per heavy atom. The lowest BCUT2D eigenvalue weighted by Gasteiger charge is -2.37. The number of hydrogen-bond acceptors (Lipinski definition) is 6. The number of nitrogens with one attached hydrogen (secondary N) is 1. The summed E-state index contributed by atoms with van der Waals surface area (Å²) in [5.74, 6) is -5.89. The lowest BCUT2D eigenvalue weighted by Crippen LogP contribution is -2.53. The van der Waals surface area contributed by atoms with Gasteiger partial charge in [-0.25, -0.2) is 18.2 Å². The minimum atomic E-state index is -2.82. The molecule has 9 nitrogen and oxygen atoms in total. The summed E-state index contributed by atoms with van der Waals surface area (Å²) in [4.78, 5) is 48.1. The highest BCUT2D eigenvalue weighted by molar-refractivity contribution is 6.12. The molecule has 44 heavy (non-hydrogen) atoms. The zero-order chi connectivity index (χ0) is 31.6. The molecule has 2 heterocycles. The summed E-state index contributed by atoms with van der Waals surface area (Å²) in [7, 11) is 0. The van der Waals surface area contributed by atoms with E-state index in [0.29, 0.717) is 11.1 Å². The van der Waals surface area contributed by atoms with Crippen molar-refractivity contribution >= 4 is 29.2 Å². The molecule has 1 aliphatic carbocycles. The Hall–Kier alpha value is -4.76. The van der Waals surface area contributed by atoms with E-state index >= 15 is 0 Å². The number of pyridine rings is 1. The molecule has 12 heteroatoms. The highest BCUT2D eigenvalue weighted by Gasteiger charge is 2.48. The van der Waals surface area contributed by atoms with Gasteiger partial charge in [0, 0.05) is 37.2 Å². The zero-order valence-corrected chi connectivity index (χ0v) is 23.8. The molecule has 0 radical (unpaired) electrons. The number of aromatic nitrogens is 1. The minimum absolute atomic E-state index is 0.00102. The molecular formula is C32H30F3N5O4. The largest absolute Gasteiger partial charge is 0.383 e. The van der Waals surface area contributed by atoms with E-state index in [1.165, 1.54) is 36.5 Å². The molecule has 2 aliphatic rings. The van der Waals surface area contributed by atoms with Crippen molar-refractivity contribution in [1.82, 2.24) is 10.3 Å². The molecule has 3 atom stereocenters. The fraction of sp³-hybridized carbons (Fsp3) is 0.344. The van der Waals surface area contributed by atoms with Crippen molar-refractivity contribution < 1.29 is 32.7 Å². The van der Waals surface area contributed by atoms with Gasteiger partial charge in [-0.15, -0.1) is 0 Å². The summed E-state index contributed by atoms with van der Waals surface area (Å²) in [6.07, 6.45) is -1.38. The van der Waals surface area contributed by atoms with Crippen LogP contribution in [0.4, 0.5) is 24.7 Å². The van der Waals surface area contributed by atoms with Crippen LogP contribution in [0.15, 0.2) is 66.9 Å². The molecule has 2 N–H and O–H groups in total. The molecule has 2 aromatic carbocycles. The molecule has 0 bridgehead atoms. The van der Waals surface area contributed by atoms with E-state index in [0.717, 1.165) is 15.9 Å². The molecule has 5 rings (SSSR count). The summed E-state index contributed by atoms with van der Waals surface area (Å²) in [6, 6.07) is 13.1. The Labute approximate surface area is 251 Å². The lowest BCUT2D eigenvalue weighted by atomic mass is 9.91. The van der Waals surface area contributed by atoms with Crippen LogP contribution >= 0.6 is 0 Å². The number of halogens is 3. The average Bonchev–Trinajstić information content (AvgIpc) is 3.30. The third-order valence-corrected chi connectivity index (χ3v) is 8.06. The van der Waals surface area contributed by atoms with Crippen molar-refractivity contribution in [3.63, 3.8) is 0 Å². The molecule has 3 amide bonds. The number of aryl methyl sites for hydroxylation is 1. The molecule has 228 valence electrons. The highest BCUT2D eigenvalue weighted by atomic mass is 19.3. The van der Waals surface area contributed by atoms with Crippen molar-refractivity contribution in [3.8, 4) is 6.07 Å². The SMILES string of the molecule is Cc1ccccc1C(C(=O)NC1CCC(F)(F)CC1)N(C(=O)C1CC(O)C(=O)N1c1cc(C#N)ccn1)c1cccc(F)c1. The first kappa shape index (κ1) is 30.7. The van der Waals surface area contributed by atoms with Crippen LogP contribution in [0.5, 0.6) is 0 Å². The van der Waals surface area contributed by atoms with Gasteiger partial charge in [-0.3, -0.25) is 24.2 Å². The summed E-state index contributed by atoms with van der Waals surface area (Å²) >= 11 is 0. The Balaban J connectivity index is 1.61. The van der Waals surface area contributed by atoms with Crippen molar-refractivity contribution in [1.29, 1.82) is 5.26 Å². The van der Waals surface area contributed by atoms with Gasteiger partial charge in [0.2, 0.25) is 11.8 Å². The second-order valence-corrected chi connectivity index (χ2v) is 11.1. The van der Waals surface area contributed by atoms with Gasteiger partial charge >= 0.3 is 0 Å². The van der Waals surface area contributed by atoms with Crippen LogP contribution in [0, 0.1) is 24.1 Å². The number of alkyl halides is 2. The number of hydrogen-bond donors (Lipinski definition) is 2. The van der Waals surface area contributed by atoms with Crippen molar-refractivity contribution in [2.75, 3.05) is 9.80 Å². The molecule has 3 aromatic rings. The molecule has 1 aliphatic heterocycles. The average molecular weight is 606 g/mol. The van der Waals surface area contributed by atoms with E-state index in [1.54, 1.807) is 31.2 Å². The maximum absolute atomic E-state index is 14.7. The van der Waals surface area contributed by atoms with E-state index in [-0.39, 0.29) is 36.3 Å². The van der Waals surface area contributed by atoms with Crippen LogP contribution in [-0.2, 0) is 14.4 Å². The van der Waals surface area contributed by atoms with Crippen LogP contribution in [0.2, 0.25) is 0 Å². The first-order valence-electron chi connectivity index (χ1n) is 14.2. The van der Waals surface area contributed by atoms with Crippen LogP contribution in [0.3, 0.4) is 0 Å². The maximum atomic E-state index is 14.7. The number of aliphatic hydroxyl groups is 1. The Bertz CT molecular complexity index is 1620. The third-order valence-electron chi connectivity index (χ3n) is 8.06. The molecular weight excluding hydrogens is 575 g/mol. The molecule has 1 aromatic heterocycles. The predicted octanol–water partition coefficient (Wildman–Crippen LogP) is 4.34. The fourth-order valence-corrected chi connectivity index (χ4v) is 5.78. The quantitative estimate of drug-likeness (QED) is 0.413. The molecule has 0 spiro atoms. The monoisotopic (exact) mass is 605 g/mol. The fourth-order valence-electron chi connectivity index (χ4n) is 5.78. The summed E-state index contributed by atoms with van der Waals surface area (Å²) in [5, 5.41) is 22.8. The van der Waals surface area contributed by atoms with E-state index in [9.17, 15) is 37.9 Å². The van der Waals surface area contributed by atoms with Crippen LogP contribution < -0.4 is 15.1 Å². The summed E-state index contributed by atoms with van der Waals surface area (Å²) in [5.41, 5.74) is 1.18. The van der Waals surface area contributed by atoms with Crippen LogP contribution in [0.25, 0.3) is 0 Å². The van der Waals surface area contributed by atoms with Gasteiger partial charge in [-0.1, -0.05) is 30.3 Å². The minimum Gasteiger partial charge on any atom is -0.383 e. The second-order valence-electron chi connectivity index (χ2n) is 11.1. The number of rotatable bonds is 7. The number of anilines is 2. The van der Waals surface area contributed by atoms with Crippen molar-refractivity contribution in [2.24, 2.45) is 0 Å². The molecule has 3 unspecified atom stereocenters. The summed E-state index contributed by atoms with van der Waals surface area (Å²) in [6.45, 7) is 1.73. The second kappa shape index (κ2) is 12.5. The first-order chi connectivity index (χ1) is 21.0. The van der Waals surface area contributed by atoms with Crippen LogP contribution in [-0.4, -0.2) is 51.9 Å². The number of nitrogens with zero attached hydrogens (tertiary/aromatic N) is 4. The number of nitriles is 1. The van der Waals surface area contributed by atoms with Gasteiger partial charge < -0.3 is 10.4 Å². The smallest absolute Gasteiger partial charge is 0.257 e. The zero-order valence-electron chi connectivity index (χ0n) is 23.8. The number of amides is 3. The first-order valence-corrected chi connectivity index (χ1v) is 14.2. The van der Waals surface area contributed by atoms with Gasteiger partial charge in [0.15, 0.2) is 0 Å². The van der Waals surface area contributed by atoms with Gasteiger partial charge in [0.05, 0.1) is 11.6 Å². The number of carbonyl (C=O) groups is 3. The van der Waals surface area contributed by atoms with Gasteiger partial charge in [0.1, 0.15) is 29.8 Å². The number of carbonyl (C=O) groups excluding carboxylic acids is 3. The molecule has 2 fully saturated rings. The lowest BCUT2D eigenvalue weighted by molar-refractivity contribution is -0.128. The number of benzene rings is 2. The van der Waals surface area contributed by atoms with Crippen LogP contribution in [0.1, 0.15) is 54.8 Å². The Morgan fingerprint density at radius 2 is 1.86 bits per heavy atom. The Kier molecular flexibility index (Phi) is 8.69. The standard InChI is InChI=1S/C32H30F3N5O4/c1-19-5-2-3-8-24(19)28(29(42)38-22-9-12-32(34,35)13-10-22)39(23-7-4-6-21(33)16-23)30(43)25-17-26(41)31(44)40(25)27-15-20(18-36)11-14-37-27/h2-8,11,14-16,22,25-26,28,41H,9-10,12-13,17H2,1H3,(H,38,42). The van der Waals surface area contributed by atoms with E-state index in [2.05, 4.69) is 10.3 Å². The van der Waals surface area contributed by atoms with Gasteiger partial charge in [-0.2, -0.15) is 5.26 Å². The number of aliphatic hydroxyl groups excluding tert-OH is 1. The molecule has 1 saturated carbocycles. The molecule has 1 saturated heterocycles. The Morgan fingerprint density at radius 1 is 1.14 bits per heavy atom. The van der Waals surface area contributed by atoms with Gasteiger partial charge in [0.25, 0.3) is 11.8 Å². The van der Waals surface area contributed by atoms with Crippen molar-refractivity contribution in [2.45, 2.75) is 69.2 Å². The predicted molar refractivity (Wildman–Crippen MR) is 154 cm³/mol. The third kappa shape index (κ3) is 6.28. The van der Waals surface area contributed by atoms with Gasteiger partial charge in [-0.05, 0) is 61.2 Å². The summed E-state index contributed by atoms with van der Waals surface area (Å²) < 4.78 is 42.4. The van der Waals surface area contributed by atoms with E-state index in [4.69, 9.17) is 0 Å². The maximum Gasteiger partial charge on any atom is 0.257 e. The van der Waals surface area contributed by atoms with E-state index in [1.807, 2.05) is 6.07 Å². The topological polar surface area (TPSA) is 127 Å². The highest BCUT2D eigenvalue weighted by Crippen LogP contribution is 2.37. The van der Waals surface area contributed by atoms with E-state index < -0.39 is 66.5 Å².